The molecule has 0 radical (unpaired) electrons. The van der Waals surface area contributed by atoms with Gasteiger partial charge in [0.1, 0.15) is 12.7 Å². The number of benzene rings is 1. The van der Waals surface area contributed by atoms with Crippen LogP contribution in [0.2, 0.25) is 0 Å². The van der Waals surface area contributed by atoms with E-state index in [9.17, 15) is 9.59 Å². The molecule has 140 valence electrons. The van der Waals surface area contributed by atoms with Gasteiger partial charge < -0.3 is 18.3 Å². The van der Waals surface area contributed by atoms with Gasteiger partial charge in [0.2, 0.25) is 5.75 Å². The maximum Gasteiger partial charge on any atom is 0.336 e. The first kappa shape index (κ1) is 17.4. The lowest BCUT2D eigenvalue weighted by Gasteiger charge is -2.10. The number of furan rings is 1. The van der Waals surface area contributed by atoms with E-state index in [4.69, 9.17) is 18.3 Å². The number of hydrogen-bond donors (Lipinski definition) is 0. The molecule has 0 saturated carbocycles. The number of ether oxygens (including phenoxy) is 2. The number of cyclic esters (lactones) is 1. The Morgan fingerprint density at radius 2 is 2.04 bits per heavy atom. The summed E-state index contributed by atoms with van der Waals surface area (Å²) < 4.78 is 22.1. The van der Waals surface area contributed by atoms with E-state index in [0.29, 0.717) is 23.3 Å². The first-order valence-electron chi connectivity index (χ1n) is 8.94. The molecular formula is C21H20O6. The van der Waals surface area contributed by atoms with E-state index < -0.39 is 5.63 Å². The summed E-state index contributed by atoms with van der Waals surface area (Å²) in [6, 6.07) is 6.81. The largest absolute Gasteiger partial charge is 0.482 e. The van der Waals surface area contributed by atoms with Crippen molar-refractivity contribution in [3.63, 3.8) is 0 Å². The van der Waals surface area contributed by atoms with E-state index in [0.717, 1.165) is 22.8 Å². The molecule has 1 aliphatic rings. The normalized spacial score (nSPS) is 20.4. The molecule has 3 heterocycles. The van der Waals surface area contributed by atoms with Crippen molar-refractivity contribution in [1.82, 2.24) is 0 Å². The fourth-order valence-electron chi connectivity index (χ4n) is 3.39. The monoisotopic (exact) mass is 368 g/mol. The van der Waals surface area contributed by atoms with Crippen molar-refractivity contribution in [3.05, 3.63) is 52.6 Å². The van der Waals surface area contributed by atoms with Gasteiger partial charge >= 0.3 is 11.6 Å². The third-order valence-corrected chi connectivity index (χ3v) is 4.79. The van der Waals surface area contributed by atoms with Gasteiger partial charge in [0, 0.05) is 23.3 Å². The highest BCUT2D eigenvalue weighted by molar-refractivity contribution is 5.99. The van der Waals surface area contributed by atoms with Crippen LogP contribution in [0.3, 0.4) is 0 Å². The highest BCUT2D eigenvalue weighted by Gasteiger charge is 2.30. The zero-order valence-corrected chi connectivity index (χ0v) is 15.2. The van der Waals surface area contributed by atoms with Crippen molar-refractivity contribution in [3.8, 4) is 5.75 Å². The van der Waals surface area contributed by atoms with E-state index in [2.05, 4.69) is 0 Å². The van der Waals surface area contributed by atoms with Gasteiger partial charge in [-0.2, -0.15) is 0 Å². The Labute approximate surface area is 155 Å². The molecule has 2 atom stereocenters. The number of esters is 1. The standard InChI is InChI=1S/C21H20O6/c1-12(9-16-10-13(2)21(23)26-16)5-7-25-20-18-15(6-8-24-18)11-14-3-4-17(22)27-19(14)20/h3-6,8,11,13,16H,7,9-10H2,1-2H3/b12-5+/t13-,16-/m0/s1. The second kappa shape index (κ2) is 6.95. The Hall–Kier alpha value is -3.02. The number of carbonyl (C=O) groups is 1. The van der Waals surface area contributed by atoms with Crippen LogP contribution >= 0.6 is 0 Å². The number of hydrogen-bond acceptors (Lipinski definition) is 6. The molecule has 1 aromatic carbocycles. The van der Waals surface area contributed by atoms with Crippen LogP contribution in [-0.2, 0) is 9.53 Å². The van der Waals surface area contributed by atoms with Crippen molar-refractivity contribution in [2.45, 2.75) is 32.8 Å². The molecule has 6 heteroatoms. The molecule has 0 unspecified atom stereocenters. The molecule has 1 fully saturated rings. The predicted octanol–water partition coefficient (Wildman–Crippen LogP) is 4.21. The van der Waals surface area contributed by atoms with Gasteiger partial charge in [0.15, 0.2) is 11.2 Å². The Kier molecular flexibility index (Phi) is 4.48. The van der Waals surface area contributed by atoms with Crippen molar-refractivity contribution in [2.75, 3.05) is 6.61 Å². The first-order valence-corrected chi connectivity index (χ1v) is 8.94. The quantitative estimate of drug-likeness (QED) is 0.381. The van der Waals surface area contributed by atoms with Gasteiger partial charge in [-0.1, -0.05) is 12.5 Å². The fourth-order valence-corrected chi connectivity index (χ4v) is 3.39. The third kappa shape index (κ3) is 3.47. The molecular weight excluding hydrogens is 348 g/mol. The number of fused-ring (bicyclic) bond motifs is 2. The Bertz CT molecular complexity index is 1090. The molecule has 4 rings (SSSR count). The first-order chi connectivity index (χ1) is 13.0. The summed E-state index contributed by atoms with van der Waals surface area (Å²) in [5.74, 6) is 0.245. The van der Waals surface area contributed by atoms with Crippen LogP contribution in [-0.4, -0.2) is 18.7 Å². The van der Waals surface area contributed by atoms with Crippen molar-refractivity contribution < 1.29 is 23.1 Å². The maximum atomic E-state index is 11.6. The molecule has 0 aliphatic carbocycles. The van der Waals surface area contributed by atoms with Gasteiger partial charge in [0.25, 0.3) is 0 Å². The third-order valence-electron chi connectivity index (χ3n) is 4.79. The number of carbonyl (C=O) groups excluding carboxylic acids is 1. The van der Waals surface area contributed by atoms with Crippen molar-refractivity contribution >= 4 is 27.9 Å². The Morgan fingerprint density at radius 3 is 2.81 bits per heavy atom. The van der Waals surface area contributed by atoms with Gasteiger partial charge in [0.05, 0.1) is 12.2 Å². The van der Waals surface area contributed by atoms with Crippen LogP contribution < -0.4 is 10.4 Å². The Morgan fingerprint density at radius 1 is 1.22 bits per heavy atom. The van der Waals surface area contributed by atoms with E-state index in [1.165, 1.54) is 6.07 Å². The summed E-state index contributed by atoms with van der Waals surface area (Å²) in [5.41, 5.74) is 1.54. The average Bonchev–Trinajstić information content (AvgIpc) is 3.21. The minimum atomic E-state index is -0.442. The smallest absolute Gasteiger partial charge is 0.336 e. The molecule has 1 aliphatic heterocycles. The van der Waals surface area contributed by atoms with Crippen LogP contribution in [0.5, 0.6) is 5.75 Å². The van der Waals surface area contributed by atoms with Crippen LogP contribution in [0.1, 0.15) is 26.7 Å². The van der Waals surface area contributed by atoms with Crippen LogP contribution in [0.4, 0.5) is 0 Å². The summed E-state index contributed by atoms with van der Waals surface area (Å²) >= 11 is 0. The molecule has 1 saturated heterocycles. The molecule has 0 spiro atoms. The maximum absolute atomic E-state index is 11.6. The second-order valence-electron chi connectivity index (χ2n) is 6.98. The number of rotatable bonds is 5. The van der Waals surface area contributed by atoms with Crippen LogP contribution in [0, 0.1) is 5.92 Å². The highest BCUT2D eigenvalue weighted by atomic mass is 16.6. The zero-order valence-electron chi connectivity index (χ0n) is 15.2. The van der Waals surface area contributed by atoms with Gasteiger partial charge in [-0.25, -0.2) is 4.79 Å². The van der Waals surface area contributed by atoms with Gasteiger partial charge in [-0.15, -0.1) is 0 Å². The average molecular weight is 368 g/mol. The lowest BCUT2D eigenvalue weighted by Crippen LogP contribution is -2.07. The van der Waals surface area contributed by atoms with Gasteiger partial charge in [-0.05, 0) is 37.6 Å². The molecule has 6 nitrogen and oxygen atoms in total. The van der Waals surface area contributed by atoms with Gasteiger partial charge in [-0.3, -0.25) is 4.79 Å². The predicted molar refractivity (Wildman–Crippen MR) is 99.8 cm³/mol. The fraction of sp³-hybridized carbons (Fsp3) is 0.333. The lowest BCUT2D eigenvalue weighted by atomic mass is 10.0. The minimum Gasteiger partial charge on any atom is -0.482 e. The van der Waals surface area contributed by atoms with Crippen molar-refractivity contribution in [2.24, 2.45) is 5.92 Å². The summed E-state index contributed by atoms with van der Waals surface area (Å²) in [4.78, 5) is 23.1. The van der Waals surface area contributed by atoms with Crippen LogP contribution in [0.25, 0.3) is 21.9 Å². The topological polar surface area (TPSA) is 78.9 Å². The highest BCUT2D eigenvalue weighted by Crippen LogP contribution is 2.35. The SMILES string of the molecule is C/C(=C\COc1c2occc2cc2ccc(=O)oc12)C[C@H]1C[C@H](C)C(=O)O1. The summed E-state index contributed by atoms with van der Waals surface area (Å²) in [5, 5.41) is 1.64. The molecule has 0 bridgehead atoms. The van der Waals surface area contributed by atoms with Crippen molar-refractivity contribution in [1.29, 1.82) is 0 Å². The lowest BCUT2D eigenvalue weighted by molar-refractivity contribution is -0.143. The molecule has 2 aromatic heterocycles. The molecule has 0 amide bonds. The van der Waals surface area contributed by atoms with Crippen LogP contribution in [0.15, 0.2) is 55.8 Å². The second-order valence-corrected chi connectivity index (χ2v) is 6.98. The van der Waals surface area contributed by atoms with E-state index >= 15 is 0 Å². The van der Waals surface area contributed by atoms with E-state index in [1.54, 1.807) is 12.3 Å². The van der Waals surface area contributed by atoms with E-state index in [-0.39, 0.29) is 24.6 Å². The molecule has 3 aromatic rings. The molecule has 27 heavy (non-hydrogen) atoms. The molecule has 0 N–H and O–H groups in total. The summed E-state index contributed by atoms with van der Waals surface area (Å²) in [6.45, 7) is 4.15. The van der Waals surface area contributed by atoms with E-state index in [1.807, 2.05) is 32.1 Å². The zero-order chi connectivity index (χ0) is 19.0. The Balaban J connectivity index is 1.54. The minimum absolute atomic E-state index is 0.0372. The summed E-state index contributed by atoms with van der Waals surface area (Å²) in [6.07, 6.45) is 4.86. The summed E-state index contributed by atoms with van der Waals surface area (Å²) in [7, 11) is 0.